The first-order chi connectivity index (χ1) is 16.5. The van der Waals surface area contributed by atoms with Gasteiger partial charge in [0.1, 0.15) is 10.6 Å². The molecule has 0 radical (unpaired) electrons. The van der Waals surface area contributed by atoms with Gasteiger partial charge < -0.3 is 4.74 Å². The van der Waals surface area contributed by atoms with Crippen molar-refractivity contribution in [1.82, 2.24) is 4.72 Å². The fourth-order valence-electron chi connectivity index (χ4n) is 6.12. The van der Waals surface area contributed by atoms with Crippen LogP contribution in [0.4, 0.5) is 8.78 Å². The molecule has 1 N–H and O–H groups in total. The molecule has 2 aromatic carbocycles. The van der Waals surface area contributed by atoms with Gasteiger partial charge in [0.05, 0.1) is 22.3 Å². The predicted molar refractivity (Wildman–Crippen MR) is 134 cm³/mol. The second kappa shape index (κ2) is 9.38. The third-order valence-corrected chi connectivity index (χ3v) is 12.4. The number of hydrogen-bond acceptors (Lipinski definition) is 5. The average Bonchev–Trinajstić information content (AvgIpc) is 2.81. The Balaban J connectivity index is 0.00000304. The second-order valence-electron chi connectivity index (χ2n) is 9.35. The Bertz CT molecular complexity index is 1400. The van der Waals surface area contributed by atoms with E-state index in [4.69, 9.17) is 16.3 Å². The molecule has 3 aliphatic rings. The number of ether oxygens (including phenoxy) is 1. The summed E-state index contributed by atoms with van der Waals surface area (Å²) in [6.45, 7) is 3.45. The van der Waals surface area contributed by atoms with Crippen LogP contribution in [0.3, 0.4) is 0 Å². The summed E-state index contributed by atoms with van der Waals surface area (Å²) in [4.78, 5) is -0.0686. The zero-order valence-corrected chi connectivity index (χ0v) is 21.0. The van der Waals surface area contributed by atoms with Crippen LogP contribution >= 0.6 is 11.6 Å². The van der Waals surface area contributed by atoms with E-state index < -0.39 is 65.1 Å². The highest BCUT2D eigenvalue weighted by atomic mass is 35.5. The van der Waals surface area contributed by atoms with Gasteiger partial charge in [0.25, 0.3) is 0 Å². The van der Waals surface area contributed by atoms with Gasteiger partial charge in [0, 0.05) is 17.0 Å². The first-order valence-electron chi connectivity index (χ1n) is 11.3. The zero-order chi connectivity index (χ0) is 25.2. The van der Waals surface area contributed by atoms with Crippen LogP contribution in [-0.4, -0.2) is 34.7 Å². The summed E-state index contributed by atoms with van der Waals surface area (Å²) in [5.74, 6) is -3.42. The molecule has 196 valence electrons. The van der Waals surface area contributed by atoms with Crippen molar-refractivity contribution in [3.63, 3.8) is 0 Å². The highest BCUT2D eigenvalue weighted by Gasteiger charge is 2.64. The molecule has 2 aromatic rings. The number of sulfone groups is 1. The minimum absolute atomic E-state index is 0. The molecule has 5 atom stereocenters. The molecule has 0 spiro atoms. The average molecular weight is 560 g/mol. The normalized spacial score (nSPS) is 30.5. The van der Waals surface area contributed by atoms with Crippen molar-refractivity contribution >= 4 is 31.5 Å². The molecule has 1 saturated carbocycles. The summed E-state index contributed by atoms with van der Waals surface area (Å²) in [5, 5.41) is -0.477. The van der Waals surface area contributed by atoms with Crippen LogP contribution in [0.2, 0.25) is 5.02 Å². The van der Waals surface area contributed by atoms with E-state index in [-0.39, 0.29) is 50.2 Å². The van der Waals surface area contributed by atoms with Gasteiger partial charge in [-0.3, -0.25) is 0 Å². The molecule has 0 unspecified atom stereocenters. The number of hydrogen-bond donors (Lipinski definition) is 1. The molecule has 2 fully saturated rings. The quantitative estimate of drug-likeness (QED) is 0.534. The number of sulfonamides is 1. The monoisotopic (exact) mass is 559 g/mol. The Morgan fingerprint density at radius 1 is 1.17 bits per heavy atom. The van der Waals surface area contributed by atoms with E-state index in [1.807, 2.05) is 0 Å². The van der Waals surface area contributed by atoms with Gasteiger partial charge >= 0.3 is 0 Å². The van der Waals surface area contributed by atoms with E-state index in [0.717, 1.165) is 12.1 Å². The van der Waals surface area contributed by atoms with Crippen LogP contribution in [-0.2, 0) is 24.6 Å². The molecule has 5 rings (SSSR count). The summed E-state index contributed by atoms with van der Waals surface area (Å²) in [7, 11) is -7.95. The van der Waals surface area contributed by atoms with Gasteiger partial charge in [0.15, 0.2) is 21.4 Å². The molecule has 0 bridgehead atoms. The van der Waals surface area contributed by atoms with Crippen molar-refractivity contribution in [2.24, 2.45) is 11.8 Å². The fourth-order valence-corrected chi connectivity index (χ4v) is 10.4. The van der Waals surface area contributed by atoms with Crippen molar-refractivity contribution < 1.29 is 30.4 Å². The molecule has 1 saturated heterocycles. The van der Waals surface area contributed by atoms with Crippen LogP contribution in [0, 0.1) is 23.5 Å². The molecule has 2 aliphatic heterocycles. The standard InChI is InChI=1S/C24H24ClF2NO5S2.CH4/c1-2-3-16-12-17-18-13-33-23-20(27)9-8-19(26)22(23)24(18,11-10-21(17)28-35(16,31)32)34(29,30)15-6-4-14(25)5-7-15;/h2,4-9,16-18,21,28H,1,3,10-13H2;1H4/t16-,17+,18+,21-,24+;/m1./s1. The van der Waals surface area contributed by atoms with Crippen molar-refractivity contribution in [3.05, 3.63) is 71.3 Å². The molecule has 0 aromatic heterocycles. The number of allylic oxidation sites excluding steroid dienone is 1. The van der Waals surface area contributed by atoms with Crippen molar-refractivity contribution in [1.29, 1.82) is 0 Å². The number of halogens is 3. The second-order valence-corrected chi connectivity index (χ2v) is 14.0. The van der Waals surface area contributed by atoms with Crippen LogP contribution in [0.5, 0.6) is 5.75 Å². The summed E-state index contributed by atoms with van der Waals surface area (Å²) in [6.07, 6.45) is 1.89. The summed E-state index contributed by atoms with van der Waals surface area (Å²) in [5.41, 5.74) is -0.323. The Kier molecular flexibility index (Phi) is 7.05. The van der Waals surface area contributed by atoms with Crippen molar-refractivity contribution in [2.75, 3.05) is 6.61 Å². The van der Waals surface area contributed by atoms with E-state index in [1.54, 1.807) is 0 Å². The zero-order valence-electron chi connectivity index (χ0n) is 18.6. The summed E-state index contributed by atoms with van der Waals surface area (Å²) < 4.78 is 91.1. The number of nitrogens with one attached hydrogen (secondary N) is 1. The maximum atomic E-state index is 15.5. The molecular formula is C25H28ClF2NO5S2. The van der Waals surface area contributed by atoms with Gasteiger partial charge in [-0.1, -0.05) is 25.1 Å². The largest absolute Gasteiger partial charge is 0.490 e. The molecular weight excluding hydrogens is 532 g/mol. The highest BCUT2D eigenvalue weighted by molar-refractivity contribution is 7.92. The Morgan fingerprint density at radius 3 is 2.50 bits per heavy atom. The lowest BCUT2D eigenvalue weighted by Gasteiger charge is -2.54. The molecule has 1 aliphatic carbocycles. The Morgan fingerprint density at radius 2 is 1.83 bits per heavy atom. The lowest BCUT2D eigenvalue weighted by Crippen LogP contribution is -2.63. The maximum Gasteiger partial charge on any atom is 0.215 e. The van der Waals surface area contributed by atoms with Crippen LogP contribution in [0.25, 0.3) is 0 Å². The third kappa shape index (κ3) is 3.88. The summed E-state index contributed by atoms with van der Waals surface area (Å²) in [6, 6.07) is 6.86. The van der Waals surface area contributed by atoms with E-state index >= 15 is 4.39 Å². The van der Waals surface area contributed by atoms with Crippen LogP contribution in [0.1, 0.15) is 38.7 Å². The van der Waals surface area contributed by atoms with E-state index in [2.05, 4.69) is 11.3 Å². The number of rotatable bonds is 4. The molecule has 11 heteroatoms. The molecule has 6 nitrogen and oxygen atoms in total. The molecule has 0 amide bonds. The SMILES string of the molecule is C.C=CC[C@@H]1C[C@@H]2[C@@H](CC[C@@]3(S(=O)(=O)c4ccc(Cl)cc4)c4c(F)ccc(F)c4OC[C@@H]23)NS1(=O)=O. The van der Waals surface area contributed by atoms with Gasteiger partial charge in [-0.2, -0.15) is 0 Å². The minimum atomic E-state index is -4.30. The highest BCUT2D eigenvalue weighted by Crippen LogP contribution is 2.59. The van der Waals surface area contributed by atoms with Gasteiger partial charge in [-0.25, -0.2) is 30.3 Å². The first-order valence-corrected chi connectivity index (χ1v) is 14.7. The predicted octanol–water partition coefficient (Wildman–Crippen LogP) is 4.98. The topological polar surface area (TPSA) is 89.5 Å². The smallest absolute Gasteiger partial charge is 0.215 e. The van der Waals surface area contributed by atoms with Crippen LogP contribution < -0.4 is 9.46 Å². The Hall–Kier alpha value is -2.01. The lowest BCUT2D eigenvalue weighted by atomic mass is 9.64. The minimum Gasteiger partial charge on any atom is -0.490 e. The lowest BCUT2D eigenvalue weighted by molar-refractivity contribution is 0.0494. The fraction of sp³-hybridized carbons (Fsp3) is 0.440. The first kappa shape index (κ1) is 27.0. The van der Waals surface area contributed by atoms with Crippen molar-refractivity contribution in [2.45, 2.75) is 54.0 Å². The third-order valence-electron chi connectivity index (χ3n) is 7.67. The van der Waals surface area contributed by atoms with Crippen molar-refractivity contribution in [3.8, 4) is 5.75 Å². The number of benzene rings is 2. The van der Waals surface area contributed by atoms with Gasteiger partial charge in [-0.05, 0) is 68.0 Å². The van der Waals surface area contributed by atoms with Gasteiger partial charge in [-0.15, -0.1) is 6.58 Å². The van der Waals surface area contributed by atoms with E-state index in [0.29, 0.717) is 5.02 Å². The summed E-state index contributed by atoms with van der Waals surface area (Å²) >= 11 is 5.98. The van der Waals surface area contributed by atoms with E-state index in [9.17, 15) is 21.2 Å². The van der Waals surface area contributed by atoms with Crippen LogP contribution in [0.15, 0.2) is 53.9 Å². The van der Waals surface area contributed by atoms with E-state index in [1.165, 1.54) is 30.3 Å². The molecule has 2 heterocycles. The molecule has 36 heavy (non-hydrogen) atoms. The maximum absolute atomic E-state index is 15.5. The van der Waals surface area contributed by atoms with Gasteiger partial charge in [0.2, 0.25) is 10.0 Å². The number of fused-ring (bicyclic) bond motifs is 5. The Labute approximate surface area is 215 Å².